The Kier molecular flexibility index (Phi) is 5.75. The topological polar surface area (TPSA) is 72.7 Å². The first-order chi connectivity index (χ1) is 14.8. The van der Waals surface area contributed by atoms with Gasteiger partial charge in [0.1, 0.15) is 5.01 Å². The summed E-state index contributed by atoms with van der Waals surface area (Å²) in [6, 6.07) is 9.25. The average molecular weight is 464 g/mol. The Morgan fingerprint density at radius 1 is 1.13 bits per heavy atom. The van der Waals surface area contributed by atoms with Gasteiger partial charge in [-0.1, -0.05) is 11.6 Å². The summed E-state index contributed by atoms with van der Waals surface area (Å²) in [5.74, 6) is -0.895. The molecule has 0 aliphatic heterocycles. The van der Waals surface area contributed by atoms with Crippen LogP contribution in [-0.2, 0) is 12.7 Å². The molecule has 0 radical (unpaired) electrons. The van der Waals surface area contributed by atoms with E-state index in [1.54, 1.807) is 29.9 Å². The minimum Gasteiger partial charge on any atom is -0.345 e. The molecule has 1 aromatic carbocycles. The minimum absolute atomic E-state index is 0.0159. The molecule has 0 saturated heterocycles. The van der Waals surface area contributed by atoms with Crippen LogP contribution in [0.3, 0.4) is 0 Å². The van der Waals surface area contributed by atoms with Crippen molar-refractivity contribution in [3.05, 3.63) is 81.7 Å². The van der Waals surface area contributed by atoms with Gasteiger partial charge in [-0.25, -0.2) is 9.67 Å². The second kappa shape index (κ2) is 8.48. The van der Waals surface area contributed by atoms with Crippen LogP contribution in [0.15, 0.2) is 60.4 Å². The lowest BCUT2D eigenvalue weighted by atomic mass is 10.2. The highest BCUT2D eigenvalue weighted by Crippen LogP contribution is 2.34. The lowest BCUT2D eigenvalue weighted by Gasteiger charge is -2.12. The van der Waals surface area contributed by atoms with Crippen molar-refractivity contribution in [3.63, 3.8) is 0 Å². The van der Waals surface area contributed by atoms with Crippen LogP contribution in [0.25, 0.3) is 16.9 Å². The van der Waals surface area contributed by atoms with Crippen molar-refractivity contribution in [2.24, 2.45) is 0 Å². The van der Waals surface area contributed by atoms with E-state index in [1.807, 2.05) is 0 Å². The molecule has 0 aliphatic carbocycles. The van der Waals surface area contributed by atoms with Crippen molar-refractivity contribution in [1.82, 2.24) is 25.1 Å². The zero-order valence-corrected chi connectivity index (χ0v) is 17.2. The van der Waals surface area contributed by atoms with Crippen LogP contribution in [0.5, 0.6) is 0 Å². The Morgan fingerprint density at radius 2 is 1.84 bits per heavy atom. The van der Waals surface area contributed by atoms with E-state index in [4.69, 9.17) is 11.6 Å². The molecule has 1 N–H and O–H groups in total. The fourth-order valence-electron chi connectivity index (χ4n) is 2.86. The van der Waals surface area contributed by atoms with Gasteiger partial charge in [-0.05, 0) is 36.4 Å². The lowest BCUT2D eigenvalue weighted by molar-refractivity contribution is -0.143. The van der Waals surface area contributed by atoms with E-state index in [-0.39, 0.29) is 12.2 Å². The molecule has 31 heavy (non-hydrogen) atoms. The van der Waals surface area contributed by atoms with E-state index in [0.717, 1.165) is 11.8 Å². The van der Waals surface area contributed by atoms with Gasteiger partial charge in [-0.2, -0.15) is 18.3 Å². The number of benzene rings is 1. The Labute approximate surface area is 183 Å². The van der Waals surface area contributed by atoms with Crippen LogP contribution in [0.1, 0.15) is 21.1 Å². The Bertz CT molecular complexity index is 1210. The molecule has 6 nitrogen and oxygen atoms in total. The molecule has 11 heteroatoms. The van der Waals surface area contributed by atoms with Crippen molar-refractivity contribution in [2.75, 3.05) is 0 Å². The van der Waals surface area contributed by atoms with E-state index < -0.39 is 23.3 Å². The highest BCUT2D eigenvalue weighted by Gasteiger charge is 2.40. The zero-order valence-electron chi connectivity index (χ0n) is 15.6. The van der Waals surface area contributed by atoms with Gasteiger partial charge in [0.2, 0.25) is 0 Å². The number of thiazole rings is 1. The van der Waals surface area contributed by atoms with Crippen molar-refractivity contribution in [3.8, 4) is 16.9 Å². The molecule has 0 aliphatic rings. The van der Waals surface area contributed by atoms with Gasteiger partial charge in [0, 0.05) is 28.4 Å². The first-order valence-corrected chi connectivity index (χ1v) is 10.1. The fourth-order valence-corrected chi connectivity index (χ4v) is 3.73. The average Bonchev–Trinajstić information content (AvgIpc) is 3.41. The first-order valence-electron chi connectivity index (χ1n) is 8.87. The number of carbonyl (C=O) groups excluding carboxylic acids is 1. The van der Waals surface area contributed by atoms with Crippen molar-refractivity contribution < 1.29 is 18.0 Å². The lowest BCUT2D eigenvalue weighted by Crippen LogP contribution is -2.26. The smallest absolute Gasteiger partial charge is 0.345 e. The predicted molar refractivity (Wildman–Crippen MR) is 110 cm³/mol. The number of alkyl halides is 3. The number of aromatic nitrogens is 4. The number of amides is 1. The number of halogens is 4. The van der Waals surface area contributed by atoms with Crippen LogP contribution >= 0.6 is 22.9 Å². The first kappa shape index (κ1) is 21.0. The third-order valence-electron chi connectivity index (χ3n) is 4.28. The maximum Gasteiger partial charge on any atom is 0.434 e. The summed E-state index contributed by atoms with van der Waals surface area (Å²) in [7, 11) is 0. The summed E-state index contributed by atoms with van der Waals surface area (Å²) in [6.45, 7) is -0.0159. The number of nitrogens with one attached hydrogen (secondary N) is 1. The van der Waals surface area contributed by atoms with Gasteiger partial charge in [-0.15, -0.1) is 11.3 Å². The molecule has 0 atom stereocenters. The summed E-state index contributed by atoms with van der Waals surface area (Å²) in [6.07, 6.45) is -0.629. The summed E-state index contributed by atoms with van der Waals surface area (Å²) in [5, 5.41) is 8.99. The highest BCUT2D eigenvalue weighted by molar-refractivity contribution is 7.09. The molecule has 158 valence electrons. The van der Waals surface area contributed by atoms with Gasteiger partial charge in [0.15, 0.2) is 5.69 Å². The molecule has 0 bridgehead atoms. The number of nitrogens with zero attached hydrogens (tertiary/aromatic N) is 4. The van der Waals surface area contributed by atoms with E-state index >= 15 is 0 Å². The molecular weight excluding hydrogens is 451 g/mol. The van der Waals surface area contributed by atoms with Crippen LogP contribution in [0.2, 0.25) is 5.02 Å². The van der Waals surface area contributed by atoms with Crippen LogP contribution < -0.4 is 5.32 Å². The van der Waals surface area contributed by atoms with Gasteiger partial charge in [0.05, 0.1) is 29.7 Å². The number of pyridine rings is 1. The zero-order chi connectivity index (χ0) is 22.0. The standard InChI is InChI=1S/C20H13ClF3N5OS/c21-13-1-3-14(4-2-13)29-18(20(22,23)24)15(9-27-29)19(30)26-10-17-28-16(11-31-17)12-5-7-25-8-6-12/h1-9,11H,10H2,(H,26,30). The monoisotopic (exact) mass is 463 g/mol. The maximum atomic E-state index is 13.7. The van der Waals surface area contributed by atoms with Gasteiger partial charge < -0.3 is 5.32 Å². The third kappa shape index (κ3) is 4.59. The van der Waals surface area contributed by atoms with E-state index in [0.29, 0.717) is 20.4 Å². The molecule has 0 saturated carbocycles. The molecule has 0 spiro atoms. The fraction of sp³-hybridized carbons (Fsp3) is 0.100. The van der Waals surface area contributed by atoms with E-state index in [1.165, 1.54) is 35.6 Å². The number of hydrogen-bond donors (Lipinski definition) is 1. The molecule has 0 unspecified atom stereocenters. The van der Waals surface area contributed by atoms with Crippen LogP contribution in [0, 0.1) is 0 Å². The molecule has 3 heterocycles. The Morgan fingerprint density at radius 3 is 2.52 bits per heavy atom. The van der Waals surface area contributed by atoms with Gasteiger partial charge >= 0.3 is 6.18 Å². The quantitative estimate of drug-likeness (QED) is 0.452. The summed E-state index contributed by atoms with van der Waals surface area (Å²) < 4.78 is 41.9. The van der Waals surface area contributed by atoms with Crippen molar-refractivity contribution >= 4 is 28.8 Å². The number of hydrogen-bond acceptors (Lipinski definition) is 5. The SMILES string of the molecule is O=C(NCc1nc(-c2ccncc2)cs1)c1cnn(-c2ccc(Cl)cc2)c1C(F)(F)F. The van der Waals surface area contributed by atoms with Crippen LogP contribution in [-0.4, -0.2) is 25.7 Å². The second-order valence-electron chi connectivity index (χ2n) is 6.34. The largest absolute Gasteiger partial charge is 0.434 e. The summed E-state index contributed by atoms with van der Waals surface area (Å²) >= 11 is 7.09. The molecule has 3 aromatic heterocycles. The van der Waals surface area contributed by atoms with Crippen LogP contribution in [0.4, 0.5) is 13.2 Å². The number of rotatable bonds is 5. The maximum absolute atomic E-state index is 13.7. The van der Waals surface area contributed by atoms with Crippen molar-refractivity contribution in [1.29, 1.82) is 0 Å². The van der Waals surface area contributed by atoms with E-state index in [9.17, 15) is 18.0 Å². The summed E-state index contributed by atoms with van der Waals surface area (Å²) in [5.41, 5.74) is -0.0504. The highest BCUT2D eigenvalue weighted by atomic mass is 35.5. The van der Waals surface area contributed by atoms with E-state index in [2.05, 4.69) is 20.4 Å². The predicted octanol–water partition coefficient (Wildman–Crippen LogP) is 4.99. The molecule has 4 rings (SSSR count). The summed E-state index contributed by atoms with van der Waals surface area (Å²) in [4.78, 5) is 20.9. The Hall–Kier alpha value is -3.24. The van der Waals surface area contributed by atoms with Gasteiger partial charge in [0.25, 0.3) is 5.91 Å². The third-order valence-corrected chi connectivity index (χ3v) is 5.38. The van der Waals surface area contributed by atoms with Crippen molar-refractivity contribution in [2.45, 2.75) is 12.7 Å². The van der Waals surface area contributed by atoms with Gasteiger partial charge in [-0.3, -0.25) is 9.78 Å². The number of carbonyl (C=O) groups is 1. The normalized spacial score (nSPS) is 11.5. The molecule has 4 aromatic rings. The second-order valence-corrected chi connectivity index (χ2v) is 7.72. The molecule has 0 fully saturated rings. The Balaban J connectivity index is 1.55. The molecular formula is C20H13ClF3N5OS. The molecule has 1 amide bonds. The minimum atomic E-state index is -4.79.